The highest BCUT2D eigenvalue weighted by molar-refractivity contribution is 6.31. The monoisotopic (exact) mass is 361 g/mol. The summed E-state index contributed by atoms with van der Waals surface area (Å²) in [7, 11) is 0. The molecule has 0 amide bonds. The standard InChI is InChI=1S/C22H20ClN3/c23-21-10-3-1-8-17(21)19(14-24-13-16-7-5-6-12-25-16)20-15-26-22-11-4-2-9-18(20)22/h1-12,15,19,24,26H,13-14H2/t19-/m1/s1. The number of rotatable bonds is 6. The van der Waals surface area contributed by atoms with Crippen LogP contribution < -0.4 is 5.32 Å². The molecule has 0 aliphatic rings. The number of nitrogens with zero attached hydrogens (tertiary/aromatic N) is 1. The maximum absolute atomic E-state index is 6.53. The van der Waals surface area contributed by atoms with Crippen LogP contribution in [0.15, 0.2) is 79.1 Å². The Morgan fingerprint density at radius 2 is 1.73 bits per heavy atom. The summed E-state index contributed by atoms with van der Waals surface area (Å²) in [6.07, 6.45) is 3.92. The van der Waals surface area contributed by atoms with Gasteiger partial charge < -0.3 is 10.3 Å². The Balaban J connectivity index is 1.65. The van der Waals surface area contributed by atoms with Crippen LogP contribution >= 0.6 is 11.6 Å². The van der Waals surface area contributed by atoms with Gasteiger partial charge in [0.1, 0.15) is 0 Å². The van der Waals surface area contributed by atoms with Crippen molar-refractivity contribution in [3.05, 3.63) is 101 Å². The first kappa shape index (κ1) is 16.8. The number of para-hydroxylation sites is 1. The molecule has 130 valence electrons. The molecule has 2 heterocycles. The molecule has 2 N–H and O–H groups in total. The van der Waals surface area contributed by atoms with Crippen LogP contribution in [0.5, 0.6) is 0 Å². The van der Waals surface area contributed by atoms with Gasteiger partial charge in [0, 0.05) is 47.3 Å². The minimum atomic E-state index is 0.156. The summed E-state index contributed by atoms with van der Waals surface area (Å²) in [5.41, 5.74) is 4.56. The van der Waals surface area contributed by atoms with Gasteiger partial charge in [-0.1, -0.05) is 54.1 Å². The number of aromatic nitrogens is 2. The smallest absolute Gasteiger partial charge is 0.0541 e. The van der Waals surface area contributed by atoms with Crippen LogP contribution in [-0.4, -0.2) is 16.5 Å². The Kier molecular flexibility index (Phi) is 5.00. The molecule has 2 aromatic heterocycles. The fraction of sp³-hybridized carbons (Fsp3) is 0.136. The molecule has 0 fully saturated rings. The first-order valence-corrected chi connectivity index (χ1v) is 9.12. The molecule has 0 aliphatic carbocycles. The number of nitrogens with one attached hydrogen (secondary N) is 2. The topological polar surface area (TPSA) is 40.7 Å². The average Bonchev–Trinajstić information content (AvgIpc) is 3.11. The molecule has 26 heavy (non-hydrogen) atoms. The maximum atomic E-state index is 6.53. The van der Waals surface area contributed by atoms with Crippen molar-refractivity contribution in [1.29, 1.82) is 0 Å². The third kappa shape index (κ3) is 3.50. The van der Waals surface area contributed by atoms with Gasteiger partial charge in [0.25, 0.3) is 0 Å². The molecule has 0 saturated heterocycles. The van der Waals surface area contributed by atoms with E-state index < -0.39 is 0 Å². The lowest BCUT2D eigenvalue weighted by atomic mass is 9.90. The van der Waals surface area contributed by atoms with Gasteiger partial charge in [0.15, 0.2) is 0 Å². The number of hydrogen-bond donors (Lipinski definition) is 2. The Labute approximate surface area is 158 Å². The summed E-state index contributed by atoms with van der Waals surface area (Å²) in [6, 6.07) is 22.4. The Hall–Kier alpha value is -2.62. The summed E-state index contributed by atoms with van der Waals surface area (Å²) in [5.74, 6) is 0.156. The van der Waals surface area contributed by atoms with Crippen molar-refractivity contribution >= 4 is 22.5 Å². The second-order valence-corrected chi connectivity index (χ2v) is 6.72. The Bertz CT molecular complexity index is 994. The van der Waals surface area contributed by atoms with E-state index in [1.165, 1.54) is 10.9 Å². The van der Waals surface area contributed by atoms with Crippen LogP contribution in [0, 0.1) is 0 Å². The van der Waals surface area contributed by atoms with E-state index in [2.05, 4.69) is 45.7 Å². The molecule has 4 heteroatoms. The Morgan fingerprint density at radius 1 is 0.923 bits per heavy atom. The maximum Gasteiger partial charge on any atom is 0.0541 e. The number of pyridine rings is 1. The van der Waals surface area contributed by atoms with Crippen LogP contribution in [0.25, 0.3) is 10.9 Å². The van der Waals surface area contributed by atoms with Gasteiger partial charge in [-0.3, -0.25) is 4.98 Å². The van der Waals surface area contributed by atoms with E-state index >= 15 is 0 Å². The minimum Gasteiger partial charge on any atom is -0.361 e. The number of H-pyrrole nitrogens is 1. The SMILES string of the molecule is Clc1ccccc1[C@@H](CNCc1ccccn1)c1c[nH]c2ccccc12. The highest BCUT2D eigenvalue weighted by Crippen LogP contribution is 2.34. The van der Waals surface area contributed by atoms with E-state index in [-0.39, 0.29) is 5.92 Å². The van der Waals surface area contributed by atoms with E-state index in [1.807, 2.05) is 48.7 Å². The number of hydrogen-bond acceptors (Lipinski definition) is 2. The zero-order valence-corrected chi connectivity index (χ0v) is 15.1. The molecular formula is C22H20ClN3. The van der Waals surface area contributed by atoms with Crippen LogP contribution in [0.3, 0.4) is 0 Å². The number of aromatic amines is 1. The summed E-state index contributed by atoms with van der Waals surface area (Å²) in [4.78, 5) is 7.77. The van der Waals surface area contributed by atoms with Gasteiger partial charge in [-0.15, -0.1) is 0 Å². The molecule has 4 aromatic rings. The van der Waals surface area contributed by atoms with Crippen LogP contribution in [-0.2, 0) is 6.54 Å². The highest BCUT2D eigenvalue weighted by atomic mass is 35.5. The second-order valence-electron chi connectivity index (χ2n) is 6.32. The van der Waals surface area contributed by atoms with Crippen molar-refractivity contribution in [2.24, 2.45) is 0 Å². The van der Waals surface area contributed by atoms with Gasteiger partial charge in [0.05, 0.1) is 5.69 Å². The zero-order chi connectivity index (χ0) is 17.8. The minimum absolute atomic E-state index is 0.156. The van der Waals surface area contributed by atoms with Crippen molar-refractivity contribution in [3.8, 4) is 0 Å². The van der Waals surface area contributed by atoms with Crippen molar-refractivity contribution in [2.45, 2.75) is 12.5 Å². The summed E-state index contributed by atoms with van der Waals surface area (Å²) < 4.78 is 0. The predicted octanol–water partition coefficient (Wildman–Crippen LogP) is 5.14. The fourth-order valence-corrected chi connectivity index (χ4v) is 3.64. The highest BCUT2D eigenvalue weighted by Gasteiger charge is 2.20. The van der Waals surface area contributed by atoms with E-state index in [0.29, 0.717) is 0 Å². The molecule has 3 nitrogen and oxygen atoms in total. The lowest BCUT2D eigenvalue weighted by Gasteiger charge is -2.19. The summed E-state index contributed by atoms with van der Waals surface area (Å²) >= 11 is 6.53. The molecule has 0 radical (unpaired) electrons. The van der Waals surface area contributed by atoms with Gasteiger partial charge in [0.2, 0.25) is 0 Å². The van der Waals surface area contributed by atoms with Gasteiger partial charge in [-0.2, -0.15) is 0 Å². The molecule has 2 aromatic carbocycles. The molecule has 0 unspecified atom stereocenters. The van der Waals surface area contributed by atoms with Crippen molar-refractivity contribution in [2.75, 3.05) is 6.54 Å². The summed E-state index contributed by atoms with van der Waals surface area (Å²) in [6.45, 7) is 1.51. The van der Waals surface area contributed by atoms with Gasteiger partial charge >= 0.3 is 0 Å². The third-order valence-electron chi connectivity index (χ3n) is 4.66. The lowest BCUT2D eigenvalue weighted by Crippen LogP contribution is -2.22. The molecule has 4 rings (SSSR count). The number of fused-ring (bicyclic) bond motifs is 1. The van der Waals surface area contributed by atoms with Crippen molar-refractivity contribution < 1.29 is 0 Å². The summed E-state index contributed by atoms with van der Waals surface area (Å²) in [5, 5.41) is 5.57. The largest absolute Gasteiger partial charge is 0.361 e. The van der Waals surface area contributed by atoms with Gasteiger partial charge in [-0.05, 0) is 35.4 Å². The number of halogens is 1. The normalized spacial score (nSPS) is 12.3. The first-order valence-electron chi connectivity index (χ1n) is 8.74. The molecule has 1 atom stereocenters. The molecule has 0 aliphatic heterocycles. The van der Waals surface area contributed by atoms with E-state index in [0.717, 1.165) is 34.9 Å². The lowest BCUT2D eigenvalue weighted by molar-refractivity contribution is 0.630. The number of benzene rings is 2. The van der Waals surface area contributed by atoms with E-state index in [9.17, 15) is 0 Å². The third-order valence-corrected chi connectivity index (χ3v) is 5.00. The molecular weight excluding hydrogens is 342 g/mol. The van der Waals surface area contributed by atoms with Crippen LogP contribution in [0.1, 0.15) is 22.7 Å². The van der Waals surface area contributed by atoms with Gasteiger partial charge in [-0.25, -0.2) is 0 Å². The van der Waals surface area contributed by atoms with E-state index in [4.69, 9.17) is 11.6 Å². The molecule has 0 saturated carbocycles. The Morgan fingerprint density at radius 3 is 2.58 bits per heavy atom. The average molecular weight is 362 g/mol. The first-order chi connectivity index (χ1) is 12.8. The fourth-order valence-electron chi connectivity index (χ4n) is 3.37. The predicted molar refractivity (Wildman–Crippen MR) is 108 cm³/mol. The quantitative estimate of drug-likeness (QED) is 0.499. The second kappa shape index (κ2) is 7.73. The molecule has 0 bridgehead atoms. The van der Waals surface area contributed by atoms with Crippen molar-refractivity contribution in [1.82, 2.24) is 15.3 Å². The molecule has 0 spiro atoms. The van der Waals surface area contributed by atoms with Crippen molar-refractivity contribution in [3.63, 3.8) is 0 Å². The van der Waals surface area contributed by atoms with E-state index in [1.54, 1.807) is 0 Å². The van der Waals surface area contributed by atoms with Crippen LogP contribution in [0.4, 0.5) is 0 Å². The van der Waals surface area contributed by atoms with Crippen LogP contribution in [0.2, 0.25) is 5.02 Å². The zero-order valence-electron chi connectivity index (χ0n) is 14.3.